The fourth-order valence-electron chi connectivity index (χ4n) is 2.79. The van der Waals surface area contributed by atoms with Crippen LogP contribution in [0.25, 0.3) is 15.9 Å². The van der Waals surface area contributed by atoms with E-state index >= 15 is 0 Å². The van der Waals surface area contributed by atoms with Gasteiger partial charge in [-0.25, -0.2) is 9.78 Å². The zero-order valence-electron chi connectivity index (χ0n) is 13.0. The normalized spacial score (nSPS) is 12.5. The molecule has 4 rings (SSSR count). The first-order chi connectivity index (χ1) is 12.1. The van der Waals surface area contributed by atoms with Gasteiger partial charge in [-0.3, -0.25) is 9.20 Å². The predicted molar refractivity (Wildman–Crippen MR) is 94.0 cm³/mol. The van der Waals surface area contributed by atoms with Crippen molar-refractivity contribution in [1.29, 1.82) is 0 Å². The number of nitrogens with zero attached hydrogens (tertiary/aromatic N) is 2. The van der Waals surface area contributed by atoms with Gasteiger partial charge in [-0.05, 0) is 11.6 Å². The molecule has 126 valence electrons. The summed E-state index contributed by atoms with van der Waals surface area (Å²) in [5, 5.41) is 14.9. The molecule has 0 radical (unpaired) electrons. The van der Waals surface area contributed by atoms with Gasteiger partial charge in [0.25, 0.3) is 5.91 Å². The molecule has 1 unspecified atom stereocenters. The minimum Gasteiger partial charge on any atom is -0.480 e. The first-order valence-corrected chi connectivity index (χ1v) is 8.50. The minimum absolute atomic E-state index is 0.188. The number of carboxylic acid groups (broad SMARTS) is 1. The number of fused-ring (bicyclic) bond motifs is 2. The first kappa shape index (κ1) is 15.4. The number of H-pyrrole nitrogens is 1. The number of aromatic nitrogens is 3. The van der Waals surface area contributed by atoms with Crippen molar-refractivity contribution in [3.63, 3.8) is 0 Å². The Morgan fingerprint density at radius 2 is 2.20 bits per heavy atom. The molecule has 0 fully saturated rings. The van der Waals surface area contributed by atoms with Gasteiger partial charge < -0.3 is 15.4 Å². The number of carboxylic acids is 1. The van der Waals surface area contributed by atoms with Crippen LogP contribution in [-0.2, 0) is 11.2 Å². The molecule has 25 heavy (non-hydrogen) atoms. The number of hydrogen-bond acceptors (Lipinski definition) is 4. The maximum absolute atomic E-state index is 12.4. The van der Waals surface area contributed by atoms with Crippen LogP contribution in [-0.4, -0.2) is 37.4 Å². The Balaban J connectivity index is 1.56. The van der Waals surface area contributed by atoms with Crippen molar-refractivity contribution in [2.75, 3.05) is 0 Å². The van der Waals surface area contributed by atoms with Crippen molar-refractivity contribution in [1.82, 2.24) is 19.7 Å². The van der Waals surface area contributed by atoms with E-state index in [-0.39, 0.29) is 12.1 Å². The highest BCUT2D eigenvalue weighted by Crippen LogP contribution is 2.19. The number of aliphatic carboxylic acids is 1. The third kappa shape index (κ3) is 2.87. The summed E-state index contributed by atoms with van der Waals surface area (Å²) in [5.41, 5.74) is 1.98. The highest BCUT2D eigenvalue weighted by Gasteiger charge is 2.23. The number of nitrogens with one attached hydrogen (secondary N) is 2. The van der Waals surface area contributed by atoms with Gasteiger partial charge in [0.2, 0.25) is 0 Å². The van der Waals surface area contributed by atoms with Crippen LogP contribution >= 0.6 is 11.3 Å². The maximum atomic E-state index is 12.4. The van der Waals surface area contributed by atoms with Crippen LogP contribution in [0.3, 0.4) is 0 Å². The van der Waals surface area contributed by atoms with E-state index < -0.39 is 17.9 Å². The fraction of sp³-hybridized carbons (Fsp3) is 0.118. The van der Waals surface area contributed by atoms with Crippen molar-refractivity contribution >= 4 is 39.1 Å². The monoisotopic (exact) mass is 354 g/mol. The molecule has 3 aromatic heterocycles. The molecular weight excluding hydrogens is 340 g/mol. The SMILES string of the molecule is O=C(NC(Cc1c[nH]c2ccccc12)C(=O)O)c1cn2ccsc2n1. The molecule has 0 aliphatic rings. The average Bonchev–Trinajstić information content (AvgIpc) is 3.28. The third-order valence-corrected chi connectivity index (χ3v) is 4.80. The van der Waals surface area contributed by atoms with Crippen LogP contribution in [0.2, 0.25) is 0 Å². The van der Waals surface area contributed by atoms with Gasteiger partial charge in [0, 0.05) is 41.3 Å². The molecule has 1 amide bonds. The molecular formula is C17H14N4O3S. The van der Waals surface area contributed by atoms with E-state index in [9.17, 15) is 14.7 Å². The summed E-state index contributed by atoms with van der Waals surface area (Å²) in [5.74, 6) is -1.58. The lowest BCUT2D eigenvalue weighted by Crippen LogP contribution is -2.42. The minimum atomic E-state index is -1.08. The molecule has 0 saturated carbocycles. The molecule has 0 aliphatic carbocycles. The molecule has 3 heterocycles. The number of hydrogen-bond donors (Lipinski definition) is 3. The molecule has 7 nitrogen and oxygen atoms in total. The fourth-order valence-corrected chi connectivity index (χ4v) is 3.49. The molecule has 0 aliphatic heterocycles. The Kier molecular flexibility index (Phi) is 3.73. The van der Waals surface area contributed by atoms with Crippen LogP contribution in [0.5, 0.6) is 0 Å². The maximum Gasteiger partial charge on any atom is 0.326 e. The first-order valence-electron chi connectivity index (χ1n) is 7.62. The van der Waals surface area contributed by atoms with Crippen LogP contribution in [0.15, 0.2) is 48.2 Å². The molecule has 3 N–H and O–H groups in total. The lowest BCUT2D eigenvalue weighted by atomic mass is 10.0. The van der Waals surface area contributed by atoms with Gasteiger partial charge >= 0.3 is 5.97 Å². The highest BCUT2D eigenvalue weighted by molar-refractivity contribution is 7.15. The van der Waals surface area contributed by atoms with Gasteiger partial charge in [0.05, 0.1) is 0 Å². The molecule has 8 heteroatoms. The van der Waals surface area contributed by atoms with E-state index in [0.29, 0.717) is 4.96 Å². The smallest absolute Gasteiger partial charge is 0.326 e. The van der Waals surface area contributed by atoms with Crippen molar-refractivity contribution < 1.29 is 14.7 Å². The van der Waals surface area contributed by atoms with Crippen molar-refractivity contribution in [2.45, 2.75) is 12.5 Å². The Morgan fingerprint density at radius 1 is 1.36 bits per heavy atom. The zero-order valence-corrected chi connectivity index (χ0v) is 13.8. The second kappa shape index (κ2) is 6.06. The summed E-state index contributed by atoms with van der Waals surface area (Å²) in [6.45, 7) is 0. The van der Waals surface area contributed by atoms with Crippen molar-refractivity contribution in [2.24, 2.45) is 0 Å². The summed E-state index contributed by atoms with van der Waals surface area (Å²) in [7, 11) is 0. The van der Waals surface area contributed by atoms with Crippen molar-refractivity contribution in [3.8, 4) is 0 Å². The van der Waals surface area contributed by atoms with Gasteiger partial charge in [0.15, 0.2) is 4.96 Å². The van der Waals surface area contributed by atoms with E-state index in [1.54, 1.807) is 23.0 Å². The summed E-state index contributed by atoms with van der Waals surface area (Å²) in [6.07, 6.45) is 5.35. The standard InChI is InChI=1S/C17H14N4O3S/c22-15(14-9-21-5-6-25-17(21)20-14)19-13(16(23)24)7-10-8-18-12-4-2-1-3-11(10)12/h1-6,8-9,13,18H,7H2,(H,19,22)(H,23,24). The zero-order chi connectivity index (χ0) is 17.4. The number of imidazole rings is 1. The summed E-state index contributed by atoms with van der Waals surface area (Å²) < 4.78 is 1.73. The summed E-state index contributed by atoms with van der Waals surface area (Å²) in [6, 6.07) is 6.61. The van der Waals surface area contributed by atoms with Crippen LogP contribution in [0.4, 0.5) is 0 Å². The van der Waals surface area contributed by atoms with E-state index in [4.69, 9.17) is 0 Å². The Hall–Kier alpha value is -3.13. The van der Waals surface area contributed by atoms with Crippen LogP contribution in [0, 0.1) is 0 Å². The molecule has 1 aromatic carbocycles. The van der Waals surface area contributed by atoms with Gasteiger partial charge in [0.1, 0.15) is 11.7 Å². The summed E-state index contributed by atoms with van der Waals surface area (Å²) >= 11 is 1.41. The van der Waals surface area contributed by atoms with Gasteiger partial charge in [-0.2, -0.15) is 0 Å². The number of rotatable bonds is 5. The lowest BCUT2D eigenvalue weighted by molar-refractivity contribution is -0.139. The van der Waals surface area contributed by atoms with Gasteiger partial charge in [-0.1, -0.05) is 18.2 Å². The average molecular weight is 354 g/mol. The second-order valence-electron chi connectivity index (χ2n) is 5.65. The number of aromatic amines is 1. The lowest BCUT2D eigenvalue weighted by Gasteiger charge is -2.13. The molecule has 0 spiro atoms. The van der Waals surface area contributed by atoms with E-state index in [0.717, 1.165) is 16.5 Å². The van der Waals surface area contributed by atoms with E-state index in [1.807, 2.05) is 29.6 Å². The third-order valence-electron chi connectivity index (χ3n) is 4.03. The highest BCUT2D eigenvalue weighted by atomic mass is 32.1. The number of thiazole rings is 1. The Morgan fingerprint density at radius 3 is 3.00 bits per heavy atom. The van der Waals surface area contributed by atoms with E-state index in [1.165, 1.54) is 11.3 Å². The number of carbonyl (C=O) groups excluding carboxylic acids is 1. The Bertz CT molecular complexity index is 1050. The molecule has 1 atom stereocenters. The van der Waals surface area contributed by atoms with Crippen molar-refractivity contribution in [3.05, 3.63) is 59.5 Å². The van der Waals surface area contributed by atoms with Crippen LogP contribution in [0.1, 0.15) is 16.1 Å². The quantitative estimate of drug-likeness (QED) is 0.512. The topological polar surface area (TPSA) is 99.5 Å². The molecule has 0 bridgehead atoms. The largest absolute Gasteiger partial charge is 0.480 e. The number of carbonyl (C=O) groups is 2. The van der Waals surface area contributed by atoms with Gasteiger partial charge in [-0.15, -0.1) is 11.3 Å². The Labute approximate surface area is 145 Å². The van der Waals surface area contributed by atoms with E-state index in [2.05, 4.69) is 15.3 Å². The van der Waals surface area contributed by atoms with Crippen LogP contribution < -0.4 is 5.32 Å². The number of para-hydroxylation sites is 1. The number of amides is 1. The second-order valence-corrected chi connectivity index (χ2v) is 6.52. The number of benzene rings is 1. The summed E-state index contributed by atoms with van der Waals surface area (Å²) in [4.78, 5) is 32.0. The molecule has 4 aromatic rings. The predicted octanol–water partition coefficient (Wildman–Crippen LogP) is 2.30. The molecule has 0 saturated heterocycles.